The van der Waals surface area contributed by atoms with Gasteiger partial charge in [0, 0.05) is 18.5 Å². The van der Waals surface area contributed by atoms with Gasteiger partial charge >= 0.3 is 0 Å². The number of carbonyl (C=O) groups excluding carboxylic acids is 2. The minimum atomic E-state index is -1.45. The molecule has 0 unspecified atom stereocenters. The molecule has 1 aliphatic rings. The van der Waals surface area contributed by atoms with Crippen molar-refractivity contribution in [1.29, 1.82) is 0 Å². The minimum absolute atomic E-state index is 0.178. The number of benzene rings is 1. The van der Waals surface area contributed by atoms with Crippen molar-refractivity contribution < 1.29 is 19.8 Å². The molecule has 0 bridgehead atoms. The van der Waals surface area contributed by atoms with E-state index in [4.69, 9.17) is 11.6 Å². The Hall–Kier alpha value is -2.94. The quantitative estimate of drug-likeness (QED) is 0.431. The van der Waals surface area contributed by atoms with Gasteiger partial charge in [-0.2, -0.15) is 0 Å². The first-order chi connectivity index (χ1) is 14.9. The van der Waals surface area contributed by atoms with Crippen molar-refractivity contribution in [2.24, 2.45) is 0 Å². The predicted molar refractivity (Wildman–Crippen MR) is 116 cm³/mol. The van der Waals surface area contributed by atoms with E-state index >= 15 is 0 Å². The maximum atomic E-state index is 12.9. The Bertz CT molecular complexity index is 1090. The number of likely N-dealkylation sites (tertiary alicyclic amines) is 1. The van der Waals surface area contributed by atoms with Crippen molar-refractivity contribution in [1.82, 2.24) is 20.2 Å². The van der Waals surface area contributed by atoms with Crippen LogP contribution in [0.3, 0.4) is 0 Å². The lowest BCUT2D eigenvalue weighted by molar-refractivity contribution is -0.140. The van der Waals surface area contributed by atoms with Crippen LogP contribution in [-0.4, -0.2) is 68.2 Å². The molecule has 3 atom stereocenters. The molecule has 1 aromatic carbocycles. The number of hydrogen-bond donors (Lipinski definition) is 4. The molecule has 3 heterocycles. The van der Waals surface area contributed by atoms with E-state index in [-0.39, 0.29) is 18.7 Å². The molecule has 31 heavy (non-hydrogen) atoms. The molecular weight excluding hydrogens is 420 g/mol. The third kappa shape index (κ3) is 4.87. The molecule has 4 N–H and O–H groups in total. The van der Waals surface area contributed by atoms with Crippen molar-refractivity contribution in [3.05, 3.63) is 65.1 Å². The van der Waals surface area contributed by atoms with Crippen LogP contribution >= 0.6 is 11.6 Å². The molecule has 0 spiro atoms. The molecule has 1 saturated heterocycles. The number of pyridine rings is 1. The van der Waals surface area contributed by atoms with E-state index in [9.17, 15) is 19.8 Å². The van der Waals surface area contributed by atoms with Crippen molar-refractivity contribution in [3.63, 3.8) is 0 Å². The van der Waals surface area contributed by atoms with Gasteiger partial charge in [-0.3, -0.25) is 9.59 Å². The molecule has 3 aromatic rings. The number of halogens is 1. The van der Waals surface area contributed by atoms with Crippen molar-refractivity contribution in [2.75, 3.05) is 13.1 Å². The third-order valence-electron chi connectivity index (χ3n) is 5.44. The number of aromatic amines is 1. The number of nitrogens with zero attached hydrogens (tertiary/aromatic N) is 2. The molecule has 2 amide bonds. The lowest BCUT2D eigenvalue weighted by atomic mass is 10.00. The summed E-state index contributed by atoms with van der Waals surface area (Å²) in [4.78, 5) is 34.1. The number of β-amino-alcohol motifs (C(OH)–C–C–N with tert-alkyl or cyclic N) is 1. The lowest BCUT2D eigenvalue weighted by Crippen LogP contribution is -2.52. The first-order valence-corrected chi connectivity index (χ1v) is 10.4. The number of aromatic nitrogens is 2. The highest BCUT2D eigenvalue weighted by Gasteiger charge is 2.34. The number of H-pyrrole nitrogens is 1. The van der Waals surface area contributed by atoms with Crippen LogP contribution in [0.1, 0.15) is 22.5 Å². The average molecular weight is 443 g/mol. The summed E-state index contributed by atoms with van der Waals surface area (Å²) in [6.07, 6.45) is 0.232. The summed E-state index contributed by atoms with van der Waals surface area (Å²) in [5.41, 5.74) is 1.79. The highest BCUT2D eigenvalue weighted by Crippen LogP contribution is 2.19. The van der Waals surface area contributed by atoms with E-state index in [0.29, 0.717) is 23.6 Å². The summed E-state index contributed by atoms with van der Waals surface area (Å²) in [7, 11) is 0. The predicted octanol–water partition coefficient (Wildman–Crippen LogP) is 1.51. The molecule has 4 rings (SSSR count). The van der Waals surface area contributed by atoms with E-state index in [1.54, 1.807) is 12.1 Å². The van der Waals surface area contributed by atoms with Crippen molar-refractivity contribution >= 4 is 34.3 Å². The van der Waals surface area contributed by atoms with Crippen LogP contribution in [0.5, 0.6) is 0 Å². The fourth-order valence-electron chi connectivity index (χ4n) is 3.78. The van der Waals surface area contributed by atoms with Crippen molar-refractivity contribution in [3.8, 4) is 0 Å². The SMILES string of the molecule is O=C(N[C@@H](Cc1ccccc1)[C@@H](O)C(=O)N1CC[C@H](O)C1)c1cc2cc(Cl)ncc2[nH]1. The van der Waals surface area contributed by atoms with Gasteiger partial charge in [0.2, 0.25) is 0 Å². The van der Waals surface area contributed by atoms with Crippen LogP contribution in [0.15, 0.2) is 48.7 Å². The van der Waals surface area contributed by atoms with E-state index in [1.165, 1.54) is 11.1 Å². The van der Waals surface area contributed by atoms with Gasteiger partial charge in [-0.15, -0.1) is 0 Å². The monoisotopic (exact) mass is 442 g/mol. The normalized spacial score (nSPS) is 18.2. The number of aliphatic hydroxyl groups excluding tert-OH is 2. The number of aliphatic hydroxyl groups is 2. The highest BCUT2D eigenvalue weighted by atomic mass is 35.5. The first-order valence-electron chi connectivity index (χ1n) is 10.0. The van der Waals surface area contributed by atoms with Crippen LogP contribution in [-0.2, 0) is 11.2 Å². The molecule has 1 aliphatic heterocycles. The smallest absolute Gasteiger partial charge is 0.268 e. The van der Waals surface area contributed by atoms with Crippen molar-refractivity contribution in [2.45, 2.75) is 31.1 Å². The van der Waals surface area contributed by atoms with E-state index in [0.717, 1.165) is 10.9 Å². The molecule has 1 fully saturated rings. The second-order valence-corrected chi connectivity index (χ2v) is 8.11. The van der Waals surface area contributed by atoms with Crippen LogP contribution in [0.25, 0.3) is 10.9 Å². The number of amides is 2. The summed E-state index contributed by atoms with van der Waals surface area (Å²) in [6.45, 7) is 0.552. The van der Waals surface area contributed by atoms with E-state index in [1.807, 2.05) is 30.3 Å². The summed E-state index contributed by atoms with van der Waals surface area (Å²) in [5, 5.41) is 24.4. The zero-order chi connectivity index (χ0) is 22.0. The van der Waals surface area contributed by atoms with Gasteiger partial charge < -0.3 is 25.4 Å². The average Bonchev–Trinajstić information content (AvgIpc) is 3.38. The van der Waals surface area contributed by atoms with E-state index in [2.05, 4.69) is 15.3 Å². The molecule has 0 radical (unpaired) electrons. The fraction of sp³-hybridized carbons (Fsp3) is 0.318. The minimum Gasteiger partial charge on any atom is -0.391 e. The second-order valence-electron chi connectivity index (χ2n) is 7.72. The maximum absolute atomic E-state index is 12.9. The summed E-state index contributed by atoms with van der Waals surface area (Å²) in [5.74, 6) is -0.966. The Morgan fingerprint density at radius 3 is 2.77 bits per heavy atom. The molecule has 8 nitrogen and oxygen atoms in total. The van der Waals surface area contributed by atoms with Crippen LogP contribution in [0.4, 0.5) is 0 Å². The fourth-order valence-corrected chi connectivity index (χ4v) is 3.95. The van der Waals surface area contributed by atoms with Gasteiger partial charge in [-0.1, -0.05) is 41.9 Å². The topological polar surface area (TPSA) is 119 Å². The highest BCUT2D eigenvalue weighted by molar-refractivity contribution is 6.30. The zero-order valence-electron chi connectivity index (χ0n) is 16.7. The van der Waals surface area contributed by atoms with Crippen LogP contribution in [0.2, 0.25) is 5.15 Å². The maximum Gasteiger partial charge on any atom is 0.268 e. The molecule has 0 saturated carbocycles. The molecule has 0 aliphatic carbocycles. The van der Waals surface area contributed by atoms with Crippen LogP contribution in [0, 0.1) is 0 Å². The number of carbonyl (C=O) groups is 2. The van der Waals surface area contributed by atoms with Gasteiger partial charge in [0.15, 0.2) is 6.10 Å². The molecule has 9 heteroatoms. The first kappa shape index (κ1) is 21.3. The number of rotatable bonds is 6. The van der Waals surface area contributed by atoms with Gasteiger partial charge in [0.25, 0.3) is 11.8 Å². The number of fused-ring (bicyclic) bond motifs is 1. The summed E-state index contributed by atoms with van der Waals surface area (Å²) < 4.78 is 0. The Labute approximate surface area is 183 Å². The Morgan fingerprint density at radius 1 is 1.29 bits per heavy atom. The van der Waals surface area contributed by atoms with Crippen LogP contribution < -0.4 is 5.32 Å². The Morgan fingerprint density at radius 2 is 2.06 bits per heavy atom. The van der Waals surface area contributed by atoms with Gasteiger partial charge in [-0.05, 0) is 30.5 Å². The molecular formula is C22H23ClN4O4. The van der Waals surface area contributed by atoms with E-state index < -0.39 is 30.1 Å². The van der Waals surface area contributed by atoms with Gasteiger partial charge in [0.05, 0.1) is 23.9 Å². The van der Waals surface area contributed by atoms with Gasteiger partial charge in [-0.25, -0.2) is 4.98 Å². The van der Waals surface area contributed by atoms with Gasteiger partial charge in [0.1, 0.15) is 10.8 Å². The zero-order valence-corrected chi connectivity index (χ0v) is 17.4. The lowest BCUT2D eigenvalue weighted by Gasteiger charge is -2.27. The molecule has 2 aromatic heterocycles. The summed E-state index contributed by atoms with van der Waals surface area (Å²) >= 11 is 5.91. The third-order valence-corrected chi connectivity index (χ3v) is 5.65. The standard InChI is InChI=1S/C22H23ClN4O4/c23-19-10-14-9-17(25-18(14)11-24-19)21(30)26-16(8-13-4-2-1-3-5-13)20(29)22(31)27-7-6-15(28)12-27/h1-5,9-11,15-16,20,25,28-29H,6-8,12H2,(H,26,30)/t15-,16-,20+/m0/s1. The number of hydrogen-bond acceptors (Lipinski definition) is 5. The number of nitrogens with one attached hydrogen (secondary N) is 2. The largest absolute Gasteiger partial charge is 0.391 e. The Balaban J connectivity index is 1.55. The molecule has 162 valence electrons. The Kier molecular flexibility index (Phi) is 6.22. The summed E-state index contributed by atoms with van der Waals surface area (Å²) in [6, 6.07) is 11.7. The second kappa shape index (κ2) is 9.05.